The van der Waals surface area contributed by atoms with Gasteiger partial charge < -0.3 is 14.8 Å². The molecule has 168 valence electrons. The van der Waals surface area contributed by atoms with E-state index in [0.29, 0.717) is 24.6 Å². The SMILES string of the molecule is Cc1ccc(COc2cc(C(=O)NCc3ccc(OC(C)C)cc3)c3ccccc3n2)cc1. The van der Waals surface area contributed by atoms with Crippen LogP contribution in [-0.2, 0) is 13.2 Å². The molecular weight excluding hydrogens is 412 g/mol. The Morgan fingerprint density at radius 3 is 2.36 bits per heavy atom. The van der Waals surface area contributed by atoms with Gasteiger partial charge in [-0.3, -0.25) is 4.79 Å². The van der Waals surface area contributed by atoms with E-state index in [2.05, 4.69) is 10.3 Å². The lowest BCUT2D eigenvalue weighted by Crippen LogP contribution is -2.23. The fourth-order valence-corrected chi connectivity index (χ4v) is 3.49. The van der Waals surface area contributed by atoms with Gasteiger partial charge >= 0.3 is 0 Å². The van der Waals surface area contributed by atoms with E-state index in [1.165, 1.54) is 5.56 Å². The molecule has 0 spiro atoms. The van der Waals surface area contributed by atoms with Gasteiger partial charge in [0.15, 0.2) is 0 Å². The summed E-state index contributed by atoms with van der Waals surface area (Å²) in [5.74, 6) is 1.07. The van der Waals surface area contributed by atoms with E-state index < -0.39 is 0 Å². The van der Waals surface area contributed by atoms with E-state index in [4.69, 9.17) is 9.47 Å². The van der Waals surface area contributed by atoms with Crippen molar-refractivity contribution in [3.8, 4) is 11.6 Å². The summed E-state index contributed by atoms with van der Waals surface area (Å²) in [6.07, 6.45) is 0.123. The number of rotatable bonds is 8. The van der Waals surface area contributed by atoms with E-state index >= 15 is 0 Å². The van der Waals surface area contributed by atoms with Crippen molar-refractivity contribution in [3.05, 3.63) is 101 Å². The van der Waals surface area contributed by atoms with Crippen LogP contribution in [-0.4, -0.2) is 17.0 Å². The van der Waals surface area contributed by atoms with Crippen molar-refractivity contribution >= 4 is 16.8 Å². The second-order valence-corrected chi connectivity index (χ2v) is 8.29. The highest BCUT2D eigenvalue weighted by Crippen LogP contribution is 2.23. The third kappa shape index (κ3) is 5.89. The normalized spacial score (nSPS) is 10.9. The number of benzene rings is 3. The van der Waals surface area contributed by atoms with Crippen LogP contribution in [0.5, 0.6) is 11.6 Å². The summed E-state index contributed by atoms with van der Waals surface area (Å²) in [5, 5.41) is 3.80. The van der Waals surface area contributed by atoms with Crippen LogP contribution in [0.2, 0.25) is 0 Å². The number of aromatic nitrogens is 1. The van der Waals surface area contributed by atoms with Gasteiger partial charge in [-0.25, -0.2) is 4.98 Å². The number of pyridine rings is 1. The van der Waals surface area contributed by atoms with Crippen LogP contribution in [0.4, 0.5) is 0 Å². The maximum absolute atomic E-state index is 13.1. The summed E-state index contributed by atoms with van der Waals surface area (Å²) < 4.78 is 11.6. The summed E-state index contributed by atoms with van der Waals surface area (Å²) >= 11 is 0. The molecule has 33 heavy (non-hydrogen) atoms. The minimum atomic E-state index is -0.170. The predicted octanol–water partition coefficient (Wildman–Crippen LogP) is 5.84. The lowest BCUT2D eigenvalue weighted by atomic mass is 10.1. The molecule has 4 aromatic rings. The van der Waals surface area contributed by atoms with Crippen molar-refractivity contribution in [3.63, 3.8) is 0 Å². The molecule has 0 atom stereocenters. The molecule has 0 aliphatic heterocycles. The average Bonchev–Trinajstić information content (AvgIpc) is 2.82. The highest BCUT2D eigenvalue weighted by atomic mass is 16.5. The number of nitrogens with one attached hydrogen (secondary N) is 1. The number of carbonyl (C=O) groups is 1. The summed E-state index contributed by atoms with van der Waals surface area (Å²) in [4.78, 5) is 17.7. The monoisotopic (exact) mass is 440 g/mol. The second-order valence-electron chi connectivity index (χ2n) is 8.29. The second kappa shape index (κ2) is 10.2. The molecule has 0 aliphatic rings. The Kier molecular flexibility index (Phi) is 6.89. The topological polar surface area (TPSA) is 60.5 Å². The van der Waals surface area contributed by atoms with Gasteiger partial charge in [-0.2, -0.15) is 0 Å². The fourth-order valence-electron chi connectivity index (χ4n) is 3.49. The smallest absolute Gasteiger partial charge is 0.252 e. The Balaban J connectivity index is 1.49. The highest BCUT2D eigenvalue weighted by Gasteiger charge is 2.14. The first-order chi connectivity index (χ1) is 16.0. The maximum atomic E-state index is 13.1. The molecule has 0 saturated heterocycles. The molecule has 0 bridgehead atoms. The first kappa shape index (κ1) is 22.3. The standard InChI is InChI=1S/C28H28N2O3/c1-19(2)33-23-14-12-21(13-15-23)17-29-28(31)25-16-27(30-26-7-5-4-6-24(25)26)32-18-22-10-8-20(3)9-11-22/h4-16,19H,17-18H2,1-3H3,(H,29,31). The van der Waals surface area contributed by atoms with Crippen LogP contribution in [0.1, 0.15) is 40.9 Å². The number of aryl methyl sites for hydroxylation is 1. The third-order valence-corrected chi connectivity index (χ3v) is 5.19. The number of amides is 1. The van der Waals surface area contributed by atoms with Crippen molar-refractivity contribution in [2.45, 2.75) is 40.0 Å². The molecule has 0 radical (unpaired) electrons. The molecule has 5 heteroatoms. The molecule has 4 rings (SSSR count). The third-order valence-electron chi connectivity index (χ3n) is 5.19. The number of fused-ring (bicyclic) bond motifs is 1. The number of para-hydroxylation sites is 1. The van der Waals surface area contributed by atoms with Gasteiger partial charge in [-0.05, 0) is 50.1 Å². The van der Waals surface area contributed by atoms with E-state index in [0.717, 1.165) is 27.8 Å². The molecule has 5 nitrogen and oxygen atoms in total. The summed E-state index contributed by atoms with van der Waals surface area (Å²) in [7, 11) is 0. The summed E-state index contributed by atoms with van der Waals surface area (Å²) in [5.41, 5.74) is 4.50. The van der Waals surface area contributed by atoms with Gasteiger partial charge in [0.05, 0.1) is 17.2 Å². The Labute approximate surface area is 194 Å². The lowest BCUT2D eigenvalue weighted by molar-refractivity contribution is 0.0952. The molecule has 0 aliphatic carbocycles. The van der Waals surface area contributed by atoms with E-state index in [1.807, 2.05) is 93.6 Å². The fraction of sp³-hybridized carbons (Fsp3) is 0.214. The molecule has 0 fully saturated rings. The molecule has 3 aromatic carbocycles. The van der Waals surface area contributed by atoms with Gasteiger partial charge in [0.25, 0.3) is 5.91 Å². The van der Waals surface area contributed by atoms with Gasteiger partial charge in [0.1, 0.15) is 12.4 Å². The van der Waals surface area contributed by atoms with Crippen molar-refractivity contribution in [2.75, 3.05) is 0 Å². The van der Waals surface area contributed by atoms with Crippen LogP contribution < -0.4 is 14.8 Å². The highest BCUT2D eigenvalue weighted by molar-refractivity contribution is 6.06. The Morgan fingerprint density at radius 2 is 1.64 bits per heavy atom. The predicted molar refractivity (Wildman–Crippen MR) is 131 cm³/mol. The number of nitrogens with zero attached hydrogens (tertiary/aromatic N) is 1. The van der Waals surface area contributed by atoms with Crippen LogP contribution in [0.25, 0.3) is 10.9 Å². The minimum Gasteiger partial charge on any atom is -0.491 e. The zero-order valence-corrected chi connectivity index (χ0v) is 19.2. The largest absolute Gasteiger partial charge is 0.491 e. The van der Waals surface area contributed by atoms with Crippen LogP contribution >= 0.6 is 0 Å². The van der Waals surface area contributed by atoms with Crippen molar-refractivity contribution in [2.24, 2.45) is 0 Å². The molecule has 1 amide bonds. The first-order valence-corrected chi connectivity index (χ1v) is 11.1. The average molecular weight is 441 g/mol. The van der Waals surface area contributed by atoms with Crippen LogP contribution in [0.3, 0.4) is 0 Å². The number of carbonyl (C=O) groups excluding carboxylic acids is 1. The number of hydrogen-bond acceptors (Lipinski definition) is 4. The van der Waals surface area contributed by atoms with E-state index in [9.17, 15) is 4.79 Å². The molecular formula is C28H28N2O3. The van der Waals surface area contributed by atoms with E-state index in [-0.39, 0.29) is 12.0 Å². The zero-order chi connectivity index (χ0) is 23.2. The number of ether oxygens (including phenoxy) is 2. The van der Waals surface area contributed by atoms with Gasteiger partial charge in [0.2, 0.25) is 5.88 Å². The Hall–Kier alpha value is -3.86. The quantitative estimate of drug-likeness (QED) is 0.374. The molecule has 1 aromatic heterocycles. The lowest BCUT2D eigenvalue weighted by Gasteiger charge is -2.12. The van der Waals surface area contributed by atoms with Crippen molar-refractivity contribution < 1.29 is 14.3 Å². The summed E-state index contributed by atoms with van der Waals surface area (Å²) in [6, 6.07) is 25.2. The van der Waals surface area contributed by atoms with Crippen LogP contribution in [0, 0.1) is 6.92 Å². The first-order valence-electron chi connectivity index (χ1n) is 11.1. The molecule has 1 heterocycles. The molecule has 0 unspecified atom stereocenters. The molecule has 0 saturated carbocycles. The Bertz CT molecular complexity index is 1230. The minimum absolute atomic E-state index is 0.123. The van der Waals surface area contributed by atoms with Gasteiger partial charge in [0, 0.05) is 18.0 Å². The zero-order valence-electron chi connectivity index (χ0n) is 19.2. The van der Waals surface area contributed by atoms with Gasteiger partial charge in [-0.1, -0.05) is 60.2 Å². The molecule has 1 N–H and O–H groups in total. The Morgan fingerprint density at radius 1 is 0.939 bits per heavy atom. The van der Waals surface area contributed by atoms with Crippen molar-refractivity contribution in [1.29, 1.82) is 0 Å². The summed E-state index contributed by atoms with van der Waals surface area (Å²) in [6.45, 7) is 6.83. The van der Waals surface area contributed by atoms with Gasteiger partial charge in [-0.15, -0.1) is 0 Å². The maximum Gasteiger partial charge on any atom is 0.252 e. The van der Waals surface area contributed by atoms with Crippen LogP contribution in [0.15, 0.2) is 78.9 Å². The van der Waals surface area contributed by atoms with Crippen molar-refractivity contribution in [1.82, 2.24) is 10.3 Å². The van der Waals surface area contributed by atoms with E-state index in [1.54, 1.807) is 6.07 Å². The number of hydrogen-bond donors (Lipinski definition) is 1.